The molecule has 0 unspecified atom stereocenters. The molecule has 0 radical (unpaired) electrons. The fourth-order valence-electron chi connectivity index (χ4n) is 2.18. The highest BCUT2D eigenvalue weighted by atomic mass is 16.5. The predicted octanol–water partition coefficient (Wildman–Crippen LogP) is 5.72. The second-order valence-corrected chi connectivity index (χ2v) is 6.31. The van der Waals surface area contributed by atoms with Crippen LogP contribution in [0, 0.1) is 6.92 Å². The van der Waals surface area contributed by atoms with E-state index in [4.69, 9.17) is 4.74 Å². The molecule has 0 aliphatic carbocycles. The Kier molecular flexibility index (Phi) is 9.70. The zero-order valence-corrected chi connectivity index (χ0v) is 16.1. The average molecular weight is 352 g/mol. The number of ether oxygens (including phenoxy) is 1. The first-order valence-corrected chi connectivity index (χ1v) is 8.96. The molecule has 0 N–H and O–H groups in total. The Labute approximate surface area is 156 Å². The lowest BCUT2D eigenvalue weighted by Gasteiger charge is -2.11. The molecule has 2 rings (SSSR count). The molecular formula is C23H28O3. The van der Waals surface area contributed by atoms with Gasteiger partial charge in [0.25, 0.3) is 0 Å². The van der Waals surface area contributed by atoms with E-state index >= 15 is 0 Å². The van der Waals surface area contributed by atoms with Gasteiger partial charge in [0, 0.05) is 6.42 Å². The largest absolute Gasteiger partial charge is 0.426 e. The highest BCUT2D eigenvalue weighted by Crippen LogP contribution is 2.24. The van der Waals surface area contributed by atoms with Crippen LogP contribution in [-0.2, 0) is 9.59 Å². The minimum absolute atomic E-state index is 0.147. The summed E-state index contributed by atoms with van der Waals surface area (Å²) in [6.07, 6.45) is 5.32. The molecule has 0 heterocycles. The molecule has 0 aliphatic rings. The lowest BCUT2D eigenvalue weighted by atomic mass is 10.0. The van der Waals surface area contributed by atoms with Crippen molar-refractivity contribution in [1.29, 1.82) is 0 Å². The van der Waals surface area contributed by atoms with E-state index in [0.717, 1.165) is 23.8 Å². The summed E-state index contributed by atoms with van der Waals surface area (Å²) >= 11 is 0. The first-order chi connectivity index (χ1) is 12.5. The standard InChI is InChI=1S/C14H20O2.C9H8O/c1-5-6-14(15)16-13-9-12(10(2)3)8-7-11(13)4;10-8-4-7-9-5-2-1-3-6-9/h7-10H,5-6H2,1-4H3;1-8H/b;7-4+. The third-order valence-electron chi connectivity index (χ3n) is 3.72. The third kappa shape index (κ3) is 7.93. The van der Waals surface area contributed by atoms with Crippen molar-refractivity contribution in [3.8, 4) is 5.75 Å². The monoisotopic (exact) mass is 352 g/mol. The van der Waals surface area contributed by atoms with Crippen molar-refractivity contribution in [2.45, 2.75) is 46.5 Å². The second kappa shape index (κ2) is 11.8. The summed E-state index contributed by atoms with van der Waals surface area (Å²) in [6, 6.07) is 15.8. The number of hydrogen-bond donors (Lipinski definition) is 0. The van der Waals surface area contributed by atoms with E-state index in [-0.39, 0.29) is 5.97 Å². The number of benzene rings is 2. The Morgan fingerprint density at radius 1 is 1.12 bits per heavy atom. The van der Waals surface area contributed by atoms with E-state index in [1.54, 1.807) is 6.08 Å². The highest BCUT2D eigenvalue weighted by molar-refractivity contribution is 5.73. The number of allylic oxidation sites excluding steroid dienone is 1. The molecule has 0 saturated heterocycles. The molecule has 0 fully saturated rings. The number of aldehydes is 1. The average Bonchev–Trinajstić information content (AvgIpc) is 2.63. The summed E-state index contributed by atoms with van der Waals surface area (Å²) < 4.78 is 5.34. The van der Waals surface area contributed by atoms with Gasteiger partial charge < -0.3 is 4.74 Å². The maximum atomic E-state index is 11.4. The van der Waals surface area contributed by atoms with Crippen LogP contribution in [0.3, 0.4) is 0 Å². The van der Waals surface area contributed by atoms with E-state index < -0.39 is 0 Å². The van der Waals surface area contributed by atoms with Crippen molar-refractivity contribution < 1.29 is 14.3 Å². The van der Waals surface area contributed by atoms with Crippen LogP contribution in [0.1, 0.15) is 56.2 Å². The first kappa shape index (κ1) is 21.4. The molecule has 0 aliphatic heterocycles. The summed E-state index contributed by atoms with van der Waals surface area (Å²) in [5.41, 5.74) is 3.26. The van der Waals surface area contributed by atoms with Crippen LogP contribution in [0.25, 0.3) is 6.08 Å². The smallest absolute Gasteiger partial charge is 0.311 e. The molecule has 138 valence electrons. The summed E-state index contributed by atoms with van der Waals surface area (Å²) in [6.45, 7) is 8.18. The molecule has 0 saturated carbocycles. The van der Waals surface area contributed by atoms with E-state index in [9.17, 15) is 9.59 Å². The SMILES string of the molecule is CCCC(=O)Oc1cc(C(C)C)ccc1C.O=C/C=C/c1ccccc1. The van der Waals surface area contributed by atoms with Crippen molar-refractivity contribution in [1.82, 2.24) is 0 Å². The lowest BCUT2D eigenvalue weighted by Crippen LogP contribution is -2.08. The van der Waals surface area contributed by atoms with Gasteiger partial charge in [0.05, 0.1) is 0 Å². The summed E-state index contributed by atoms with van der Waals surface area (Å²) in [7, 11) is 0. The fourth-order valence-corrected chi connectivity index (χ4v) is 2.18. The van der Waals surface area contributed by atoms with Crippen LogP contribution in [0.5, 0.6) is 5.75 Å². The molecule has 3 heteroatoms. The van der Waals surface area contributed by atoms with Crippen molar-refractivity contribution >= 4 is 18.3 Å². The van der Waals surface area contributed by atoms with E-state index in [0.29, 0.717) is 18.1 Å². The van der Waals surface area contributed by atoms with Gasteiger partial charge >= 0.3 is 5.97 Å². The minimum Gasteiger partial charge on any atom is -0.426 e. The van der Waals surface area contributed by atoms with Crippen LogP contribution in [0.15, 0.2) is 54.6 Å². The number of carbonyl (C=O) groups excluding carboxylic acids is 2. The Bertz CT molecular complexity index is 715. The molecule has 0 amide bonds. The number of rotatable bonds is 6. The van der Waals surface area contributed by atoms with Gasteiger partial charge in [0.15, 0.2) is 0 Å². The molecular weight excluding hydrogens is 324 g/mol. The fraction of sp³-hybridized carbons (Fsp3) is 0.304. The Morgan fingerprint density at radius 3 is 2.38 bits per heavy atom. The lowest BCUT2D eigenvalue weighted by molar-refractivity contribution is -0.134. The van der Waals surface area contributed by atoms with Crippen molar-refractivity contribution in [2.75, 3.05) is 0 Å². The van der Waals surface area contributed by atoms with Crippen molar-refractivity contribution in [3.05, 3.63) is 71.3 Å². The normalized spacial score (nSPS) is 10.3. The van der Waals surface area contributed by atoms with Gasteiger partial charge in [-0.2, -0.15) is 0 Å². The van der Waals surface area contributed by atoms with E-state index in [2.05, 4.69) is 19.9 Å². The molecule has 0 spiro atoms. The van der Waals surface area contributed by atoms with Gasteiger partial charge in [-0.25, -0.2) is 0 Å². The molecule has 2 aromatic carbocycles. The predicted molar refractivity (Wildman–Crippen MR) is 107 cm³/mol. The quantitative estimate of drug-likeness (QED) is 0.289. The molecule has 0 aromatic heterocycles. The summed E-state index contributed by atoms with van der Waals surface area (Å²) in [5.74, 6) is 1.00. The van der Waals surface area contributed by atoms with E-state index in [1.165, 1.54) is 11.6 Å². The van der Waals surface area contributed by atoms with Gasteiger partial charge in [-0.1, -0.05) is 69.3 Å². The maximum Gasteiger partial charge on any atom is 0.311 e. The van der Waals surface area contributed by atoms with Gasteiger partial charge in [-0.05, 0) is 48.1 Å². The maximum absolute atomic E-state index is 11.4. The van der Waals surface area contributed by atoms with Crippen LogP contribution < -0.4 is 4.74 Å². The number of carbonyl (C=O) groups is 2. The van der Waals surface area contributed by atoms with Gasteiger partial charge in [0.2, 0.25) is 0 Å². The van der Waals surface area contributed by atoms with Crippen LogP contribution in [0.2, 0.25) is 0 Å². The molecule has 0 bridgehead atoms. The highest BCUT2D eigenvalue weighted by Gasteiger charge is 2.08. The Hall–Kier alpha value is -2.68. The van der Waals surface area contributed by atoms with Crippen LogP contribution >= 0.6 is 0 Å². The minimum atomic E-state index is -0.147. The Morgan fingerprint density at radius 2 is 1.81 bits per heavy atom. The number of esters is 1. The van der Waals surface area contributed by atoms with Gasteiger partial charge in [-0.3, -0.25) is 9.59 Å². The Balaban J connectivity index is 0.000000289. The first-order valence-electron chi connectivity index (χ1n) is 8.96. The second-order valence-electron chi connectivity index (χ2n) is 6.31. The summed E-state index contributed by atoms with van der Waals surface area (Å²) in [4.78, 5) is 21.3. The van der Waals surface area contributed by atoms with Gasteiger partial charge in [-0.15, -0.1) is 0 Å². The zero-order valence-electron chi connectivity index (χ0n) is 16.1. The third-order valence-corrected chi connectivity index (χ3v) is 3.72. The molecule has 2 aromatic rings. The topological polar surface area (TPSA) is 43.4 Å². The van der Waals surface area contributed by atoms with Crippen molar-refractivity contribution in [2.24, 2.45) is 0 Å². The molecule has 3 nitrogen and oxygen atoms in total. The summed E-state index contributed by atoms with van der Waals surface area (Å²) in [5, 5.41) is 0. The number of hydrogen-bond acceptors (Lipinski definition) is 3. The van der Waals surface area contributed by atoms with Crippen molar-refractivity contribution in [3.63, 3.8) is 0 Å². The molecule has 26 heavy (non-hydrogen) atoms. The van der Waals surface area contributed by atoms with E-state index in [1.807, 2.05) is 56.3 Å². The zero-order chi connectivity index (χ0) is 19.4. The van der Waals surface area contributed by atoms with Crippen LogP contribution in [-0.4, -0.2) is 12.3 Å². The van der Waals surface area contributed by atoms with Gasteiger partial charge in [0.1, 0.15) is 12.0 Å². The molecule has 0 atom stereocenters. The number of aryl methyl sites for hydroxylation is 1. The van der Waals surface area contributed by atoms with Crippen LogP contribution in [0.4, 0.5) is 0 Å².